The van der Waals surface area contributed by atoms with E-state index in [-0.39, 0.29) is 0 Å². The first-order valence-corrected chi connectivity index (χ1v) is 5.51. The number of carboxylic acid groups (broad SMARTS) is 1. The number of fused-ring (bicyclic) bond motifs is 1. The lowest BCUT2D eigenvalue weighted by Crippen LogP contribution is -2.40. The molecule has 0 fully saturated rings. The summed E-state index contributed by atoms with van der Waals surface area (Å²) in [5.41, 5.74) is 1.22. The predicted octanol–water partition coefficient (Wildman–Crippen LogP) is 1.61. The van der Waals surface area contributed by atoms with Gasteiger partial charge in [-0.2, -0.15) is 0 Å². The maximum atomic E-state index is 10.7. The van der Waals surface area contributed by atoms with Crippen LogP contribution in [-0.4, -0.2) is 17.1 Å². The molecule has 0 aliphatic carbocycles. The number of rotatable bonds is 1. The first-order valence-electron chi connectivity index (χ1n) is 3.90. The van der Waals surface area contributed by atoms with E-state index >= 15 is 0 Å². The molecule has 3 nitrogen and oxygen atoms in total. The predicted molar refractivity (Wildman–Crippen MR) is 54.0 cm³/mol. The summed E-state index contributed by atoms with van der Waals surface area (Å²) < 4.78 is 1.07. The Bertz CT molecular complexity index is 350. The molecule has 0 spiro atoms. The lowest BCUT2D eigenvalue weighted by molar-refractivity contribution is -0.139. The molecule has 0 radical (unpaired) electrons. The van der Waals surface area contributed by atoms with Gasteiger partial charge in [0.25, 0.3) is 0 Å². The fourth-order valence-electron chi connectivity index (χ4n) is 1.42. The Hall–Kier alpha value is -0.390. The second kappa shape index (κ2) is 3.40. The SMILES string of the molecule is O=C(O)C1Cc2sc(Br)cc2CN1. The Balaban J connectivity index is 2.24. The van der Waals surface area contributed by atoms with Gasteiger partial charge in [-0.05, 0) is 27.6 Å². The van der Waals surface area contributed by atoms with E-state index in [0.717, 1.165) is 3.79 Å². The number of halogens is 1. The van der Waals surface area contributed by atoms with Crippen molar-refractivity contribution >= 4 is 33.2 Å². The van der Waals surface area contributed by atoms with E-state index < -0.39 is 12.0 Å². The van der Waals surface area contributed by atoms with Crippen LogP contribution in [-0.2, 0) is 17.8 Å². The van der Waals surface area contributed by atoms with Crippen molar-refractivity contribution in [3.63, 3.8) is 0 Å². The average molecular weight is 262 g/mol. The van der Waals surface area contributed by atoms with E-state index in [2.05, 4.69) is 21.2 Å². The number of carbonyl (C=O) groups is 1. The largest absolute Gasteiger partial charge is 0.480 e. The van der Waals surface area contributed by atoms with Gasteiger partial charge in [0.1, 0.15) is 6.04 Å². The molecule has 1 atom stereocenters. The highest BCUT2D eigenvalue weighted by atomic mass is 79.9. The number of hydrogen-bond donors (Lipinski definition) is 2. The zero-order valence-electron chi connectivity index (χ0n) is 6.71. The molecule has 2 rings (SSSR count). The number of thiophene rings is 1. The van der Waals surface area contributed by atoms with Crippen molar-refractivity contribution in [1.29, 1.82) is 0 Å². The van der Waals surface area contributed by atoms with Gasteiger partial charge >= 0.3 is 5.97 Å². The molecule has 70 valence electrons. The van der Waals surface area contributed by atoms with E-state index in [4.69, 9.17) is 5.11 Å². The summed E-state index contributed by atoms with van der Waals surface area (Å²) in [4.78, 5) is 11.9. The Labute approximate surface area is 87.9 Å². The fraction of sp³-hybridized carbons (Fsp3) is 0.375. The Morgan fingerprint density at radius 1 is 1.77 bits per heavy atom. The van der Waals surface area contributed by atoms with Crippen molar-refractivity contribution in [3.05, 3.63) is 20.3 Å². The second-order valence-electron chi connectivity index (χ2n) is 2.97. The maximum Gasteiger partial charge on any atom is 0.321 e. The van der Waals surface area contributed by atoms with E-state index in [9.17, 15) is 4.79 Å². The van der Waals surface area contributed by atoms with Crippen molar-refractivity contribution in [2.45, 2.75) is 19.0 Å². The van der Waals surface area contributed by atoms with Crippen LogP contribution in [0.2, 0.25) is 0 Å². The third kappa shape index (κ3) is 1.77. The standard InChI is InChI=1S/C8H8BrNO2S/c9-7-1-4-3-10-5(8(11)12)2-6(4)13-7/h1,5,10H,2-3H2,(H,11,12). The molecule has 0 bridgehead atoms. The Morgan fingerprint density at radius 3 is 3.23 bits per heavy atom. The molecule has 1 aliphatic heterocycles. The van der Waals surface area contributed by atoms with Gasteiger partial charge in [-0.25, -0.2) is 0 Å². The van der Waals surface area contributed by atoms with Crippen LogP contribution in [0, 0.1) is 0 Å². The van der Waals surface area contributed by atoms with Gasteiger partial charge in [-0.1, -0.05) is 0 Å². The van der Waals surface area contributed by atoms with Crippen molar-refractivity contribution in [1.82, 2.24) is 5.32 Å². The molecule has 0 saturated heterocycles. The van der Waals surface area contributed by atoms with E-state index in [1.54, 1.807) is 11.3 Å². The second-order valence-corrected chi connectivity index (χ2v) is 5.49. The molecule has 2 heterocycles. The van der Waals surface area contributed by atoms with Crippen LogP contribution in [0.5, 0.6) is 0 Å². The van der Waals surface area contributed by atoms with Gasteiger partial charge in [0.2, 0.25) is 0 Å². The fourth-order valence-corrected chi connectivity index (χ4v) is 3.23. The first-order chi connectivity index (χ1) is 6.16. The van der Waals surface area contributed by atoms with Crippen molar-refractivity contribution < 1.29 is 9.90 Å². The van der Waals surface area contributed by atoms with Gasteiger partial charge in [-0.3, -0.25) is 10.1 Å². The smallest absolute Gasteiger partial charge is 0.321 e. The van der Waals surface area contributed by atoms with Crippen LogP contribution in [0.15, 0.2) is 9.85 Å². The van der Waals surface area contributed by atoms with Crippen molar-refractivity contribution in [3.8, 4) is 0 Å². The Kier molecular flexibility index (Phi) is 2.40. The molecule has 13 heavy (non-hydrogen) atoms. The molecule has 2 N–H and O–H groups in total. The number of nitrogens with one attached hydrogen (secondary N) is 1. The van der Waals surface area contributed by atoms with Crippen LogP contribution in [0.25, 0.3) is 0 Å². The highest BCUT2D eigenvalue weighted by molar-refractivity contribution is 9.11. The monoisotopic (exact) mass is 261 g/mol. The van der Waals surface area contributed by atoms with Crippen molar-refractivity contribution in [2.75, 3.05) is 0 Å². The lowest BCUT2D eigenvalue weighted by Gasteiger charge is -2.19. The van der Waals surface area contributed by atoms with Crippen LogP contribution in [0.4, 0.5) is 0 Å². The van der Waals surface area contributed by atoms with E-state index in [1.165, 1.54) is 10.4 Å². The topological polar surface area (TPSA) is 49.3 Å². The summed E-state index contributed by atoms with van der Waals surface area (Å²) in [6, 6.07) is 1.63. The molecular weight excluding hydrogens is 254 g/mol. The minimum absolute atomic E-state index is 0.418. The van der Waals surface area contributed by atoms with Crippen LogP contribution >= 0.6 is 27.3 Å². The van der Waals surface area contributed by atoms with Crippen LogP contribution < -0.4 is 5.32 Å². The maximum absolute atomic E-state index is 10.7. The molecule has 1 aliphatic rings. The highest BCUT2D eigenvalue weighted by Gasteiger charge is 2.24. The number of aliphatic carboxylic acids is 1. The molecule has 1 unspecified atom stereocenters. The van der Waals surface area contributed by atoms with Gasteiger partial charge in [0, 0.05) is 17.8 Å². The molecule has 0 saturated carbocycles. The van der Waals surface area contributed by atoms with E-state index in [1.807, 2.05) is 6.07 Å². The van der Waals surface area contributed by atoms with Gasteiger partial charge in [0.15, 0.2) is 0 Å². The Morgan fingerprint density at radius 2 is 2.54 bits per heavy atom. The quantitative estimate of drug-likeness (QED) is 0.808. The first kappa shape index (κ1) is 9.18. The summed E-state index contributed by atoms with van der Waals surface area (Å²) in [6.07, 6.45) is 0.598. The minimum Gasteiger partial charge on any atom is -0.480 e. The summed E-state index contributed by atoms with van der Waals surface area (Å²) in [7, 11) is 0. The molecule has 0 amide bonds. The van der Waals surface area contributed by atoms with Crippen LogP contribution in [0.3, 0.4) is 0 Å². The van der Waals surface area contributed by atoms with Gasteiger partial charge in [0.05, 0.1) is 3.79 Å². The van der Waals surface area contributed by atoms with Crippen molar-refractivity contribution in [2.24, 2.45) is 0 Å². The van der Waals surface area contributed by atoms with E-state index in [0.29, 0.717) is 13.0 Å². The van der Waals surface area contributed by atoms with Gasteiger partial charge in [-0.15, -0.1) is 11.3 Å². The van der Waals surface area contributed by atoms with Gasteiger partial charge < -0.3 is 5.11 Å². The normalized spacial score (nSPS) is 21.2. The highest BCUT2D eigenvalue weighted by Crippen LogP contribution is 2.30. The molecule has 1 aromatic heterocycles. The molecular formula is C8H8BrNO2S. The molecule has 1 aromatic rings. The summed E-state index contributed by atoms with van der Waals surface area (Å²) in [5.74, 6) is -0.768. The minimum atomic E-state index is -0.768. The average Bonchev–Trinajstić information content (AvgIpc) is 2.42. The number of hydrogen-bond acceptors (Lipinski definition) is 3. The third-order valence-corrected chi connectivity index (χ3v) is 3.80. The lowest BCUT2D eigenvalue weighted by atomic mass is 10.1. The summed E-state index contributed by atoms with van der Waals surface area (Å²) in [6.45, 7) is 0.661. The zero-order chi connectivity index (χ0) is 9.42. The van der Waals surface area contributed by atoms with Crippen LogP contribution in [0.1, 0.15) is 10.4 Å². The number of carboxylic acids is 1. The zero-order valence-corrected chi connectivity index (χ0v) is 9.11. The molecule has 5 heteroatoms. The summed E-state index contributed by atoms with van der Waals surface area (Å²) in [5, 5.41) is 11.8. The molecule has 0 aromatic carbocycles. The third-order valence-electron chi connectivity index (χ3n) is 2.09. The summed E-state index contributed by atoms with van der Waals surface area (Å²) >= 11 is 5.02.